The number of hydrogen-bond acceptors (Lipinski definition) is 2. The van der Waals surface area contributed by atoms with E-state index >= 15 is 0 Å². The van der Waals surface area contributed by atoms with Crippen molar-refractivity contribution < 1.29 is 27.9 Å². The number of hydrogen-bond donors (Lipinski definition) is 1. The number of nitrogens with zero attached hydrogens (tertiary/aromatic N) is 1. The molecule has 1 saturated heterocycles. The SMILES string of the molecule is CC(C(=O)O)C(=O)N1CCC(c2ccc(C(F)(F)F)cc2)CC1. The van der Waals surface area contributed by atoms with Crippen LogP contribution in [0.4, 0.5) is 13.2 Å². The van der Waals surface area contributed by atoms with Gasteiger partial charge in [0.05, 0.1) is 5.56 Å². The lowest BCUT2D eigenvalue weighted by Gasteiger charge is -2.33. The van der Waals surface area contributed by atoms with E-state index in [-0.39, 0.29) is 5.92 Å². The van der Waals surface area contributed by atoms with Gasteiger partial charge in [-0.2, -0.15) is 13.2 Å². The lowest BCUT2D eigenvalue weighted by molar-refractivity contribution is -0.150. The first-order chi connectivity index (χ1) is 10.7. The molecule has 1 aromatic rings. The maximum atomic E-state index is 12.6. The van der Waals surface area contributed by atoms with Crippen LogP contribution in [-0.2, 0) is 15.8 Å². The van der Waals surface area contributed by atoms with Gasteiger partial charge in [-0.25, -0.2) is 0 Å². The highest BCUT2D eigenvalue weighted by Gasteiger charge is 2.32. The fraction of sp³-hybridized carbons (Fsp3) is 0.500. The van der Waals surface area contributed by atoms with E-state index in [0.29, 0.717) is 25.9 Å². The lowest BCUT2D eigenvalue weighted by atomic mass is 9.88. The summed E-state index contributed by atoms with van der Waals surface area (Å²) in [5.41, 5.74) is 0.139. The summed E-state index contributed by atoms with van der Waals surface area (Å²) in [6, 6.07) is 5.09. The predicted octanol–water partition coefficient (Wildman–Crippen LogP) is 3.13. The van der Waals surface area contributed by atoms with Crippen LogP contribution < -0.4 is 0 Å². The van der Waals surface area contributed by atoms with Crippen molar-refractivity contribution >= 4 is 11.9 Å². The van der Waals surface area contributed by atoms with Crippen LogP contribution in [-0.4, -0.2) is 35.0 Å². The van der Waals surface area contributed by atoms with Crippen LogP contribution in [0.3, 0.4) is 0 Å². The van der Waals surface area contributed by atoms with E-state index < -0.39 is 29.5 Å². The average molecular weight is 329 g/mol. The highest BCUT2D eigenvalue weighted by Crippen LogP contribution is 2.33. The highest BCUT2D eigenvalue weighted by molar-refractivity contribution is 5.96. The Kier molecular flexibility index (Phi) is 4.97. The zero-order valence-electron chi connectivity index (χ0n) is 12.6. The fourth-order valence-corrected chi connectivity index (χ4v) is 2.76. The van der Waals surface area contributed by atoms with Gasteiger partial charge in [-0.15, -0.1) is 0 Å². The first-order valence-electron chi connectivity index (χ1n) is 7.39. The standard InChI is InChI=1S/C16H18F3NO3/c1-10(15(22)23)14(21)20-8-6-12(7-9-20)11-2-4-13(5-3-11)16(17,18)19/h2-5,10,12H,6-9H2,1H3,(H,22,23). The average Bonchev–Trinajstić information content (AvgIpc) is 2.53. The molecule has 0 aliphatic carbocycles. The Balaban J connectivity index is 1.97. The number of benzene rings is 1. The van der Waals surface area contributed by atoms with Crippen molar-refractivity contribution in [3.63, 3.8) is 0 Å². The number of carboxylic acid groups (broad SMARTS) is 1. The van der Waals surface area contributed by atoms with Gasteiger partial charge in [-0.3, -0.25) is 9.59 Å². The molecule has 7 heteroatoms. The molecular formula is C16H18F3NO3. The molecule has 0 spiro atoms. The van der Waals surface area contributed by atoms with Crippen molar-refractivity contribution in [3.8, 4) is 0 Å². The summed E-state index contributed by atoms with van der Waals surface area (Å²) in [7, 11) is 0. The quantitative estimate of drug-likeness (QED) is 0.867. The third-order valence-electron chi connectivity index (χ3n) is 4.26. The summed E-state index contributed by atoms with van der Waals surface area (Å²) in [6.07, 6.45) is -3.12. The second-order valence-corrected chi connectivity index (χ2v) is 5.78. The van der Waals surface area contributed by atoms with Gasteiger partial charge in [0.25, 0.3) is 0 Å². The van der Waals surface area contributed by atoms with E-state index in [2.05, 4.69) is 0 Å². The molecule has 1 atom stereocenters. The maximum absolute atomic E-state index is 12.6. The normalized spacial score (nSPS) is 17.8. The van der Waals surface area contributed by atoms with Gasteiger partial charge < -0.3 is 10.0 Å². The van der Waals surface area contributed by atoms with E-state index in [1.807, 2.05) is 0 Å². The lowest BCUT2D eigenvalue weighted by Crippen LogP contribution is -2.42. The monoisotopic (exact) mass is 329 g/mol. The Labute approximate surface area is 131 Å². The van der Waals surface area contributed by atoms with Gasteiger partial charge >= 0.3 is 12.1 Å². The Morgan fingerprint density at radius 1 is 1.17 bits per heavy atom. The fourth-order valence-electron chi connectivity index (χ4n) is 2.76. The molecule has 1 aliphatic heterocycles. The summed E-state index contributed by atoms with van der Waals surface area (Å²) >= 11 is 0. The first-order valence-corrected chi connectivity index (χ1v) is 7.39. The minimum atomic E-state index is -4.35. The minimum absolute atomic E-state index is 0.0847. The number of amides is 1. The molecule has 2 rings (SSSR count). The van der Waals surface area contributed by atoms with Gasteiger partial charge in [0.2, 0.25) is 5.91 Å². The molecule has 23 heavy (non-hydrogen) atoms. The van der Waals surface area contributed by atoms with Gasteiger partial charge in [-0.05, 0) is 43.4 Å². The van der Waals surface area contributed by atoms with Crippen LogP contribution in [0.25, 0.3) is 0 Å². The van der Waals surface area contributed by atoms with Gasteiger partial charge in [0.15, 0.2) is 0 Å². The number of halogens is 3. The molecule has 1 amide bonds. The van der Waals surface area contributed by atoms with Crippen LogP contribution in [0.1, 0.15) is 36.8 Å². The van der Waals surface area contributed by atoms with Crippen LogP contribution in [0, 0.1) is 5.92 Å². The number of likely N-dealkylation sites (tertiary alicyclic amines) is 1. The molecule has 0 radical (unpaired) electrons. The summed E-state index contributed by atoms with van der Waals surface area (Å²) < 4.78 is 37.7. The third-order valence-corrected chi connectivity index (χ3v) is 4.26. The summed E-state index contributed by atoms with van der Waals surface area (Å²) in [6.45, 7) is 2.19. The highest BCUT2D eigenvalue weighted by atomic mass is 19.4. The van der Waals surface area contributed by atoms with Crippen LogP contribution in [0.15, 0.2) is 24.3 Å². The van der Waals surface area contributed by atoms with Crippen molar-refractivity contribution in [3.05, 3.63) is 35.4 Å². The summed E-state index contributed by atoms with van der Waals surface area (Å²) in [5.74, 6) is -2.55. The van der Waals surface area contributed by atoms with Crippen LogP contribution in [0.2, 0.25) is 0 Å². The van der Waals surface area contributed by atoms with E-state index in [0.717, 1.165) is 17.7 Å². The minimum Gasteiger partial charge on any atom is -0.481 e. The number of carbonyl (C=O) groups excluding carboxylic acids is 1. The molecule has 1 aliphatic rings. The molecule has 1 aromatic carbocycles. The smallest absolute Gasteiger partial charge is 0.416 e. The van der Waals surface area contributed by atoms with Crippen molar-refractivity contribution in [2.45, 2.75) is 31.9 Å². The topological polar surface area (TPSA) is 57.6 Å². The Bertz CT molecular complexity index is 575. The molecule has 0 aromatic heterocycles. The largest absolute Gasteiger partial charge is 0.481 e. The molecule has 1 heterocycles. The zero-order chi connectivity index (χ0) is 17.2. The van der Waals surface area contributed by atoms with Gasteiger partial charge in [0, 0.05) is 13.1 Å². The van der Waals surface area contributed by atoms with Gasteiger partial charge in [0.1, 0.15) is 5.92 Å². The molecule has 1 unspecified atom stereocenters. The number of rotatable bonds is 3. The number of carboxylic acids is 1. The van der Waals surface area contributed by atoms with Crippen molar-refractivity contribution in [2.24, 2.45) is 5.92 Å². The molecule has 1 fully saturated rings. The number of alkyl halides is 3. The number of aliphatic carboxylic acids is 1. The Morgan fingerprint density at radius 3 is 2.13 bits per heavy atom. The second-order valence-electron chi connectivity index (χ2n) is 5.78. The van der Waals surface area contributed by atoms with Crippen LogP contribution in [0.5, 0.6) is 0 Å². The molecular weight excluding hydrogens is 311 g/mol. The van der Waals surface area contributed by atoms with Crippen LogP contribution >= 0.6 is 0 Å². The maximum Gasteiger partial charge on any atom is 0.416 e. The van der Waals surface area contributed by atoms with Gasteiger partial charge in [-0.1, -0.05) is 12.1 Å². The van der Waals surface area contributed by atoms with Crippen molar-refractivity contribution in [2.75, 3.05) is 13.1 Å². The second kappa shape index (κ2) is 6.60. The Morgan fingerprint density at radius 2 is 1.70 bits per heavy atom. The molecule has 0 saturated carbocycles. The molecule has 1 N–H and O–H groups in total. The van der Waals surface area contributed by atoms with E-state index in [1.165, 1.54) is 24.0 Å². The molecule has 4 nitrogen and oxygen atoms in total. The third kappa shape index (κ3) is 4.03. The molecule has 0 bridgehead atoms. The first kappa shape index (κ1) is 17.3. The number of piperidine rings is 1. The summed E-state index contributed by atoms with van der Waals surface area (Å²) in [5, 5.41) is 8.87. The van der Waals surface area contributed by atoms with E-state index in [1.54, 1.807) is 0 Å². The number of carbonyl (C=O) groups is 2. The van der Waals surface area contributed by atoms with Crippen molar-refractivity contribution in [1.82, 2.24) is 4.90 Å². The van der Waals surface area contributed by atoms with E-state index in [9.17, 15) is 22.8 Å². The van der Waals surface area contributed by atoms with E-state index in [4.69, 9.17) is 5.11 Å². The summed E-state index contributed by atoms with van der Waals surface area (Å²) in [4.78, 5) is 24.3. The Hall–Kier alpha value is -2.05. The predicted molar refractivity (Wildman–Crippen MR) is 76.8 cm³/mol. The van der Waals surface area contributed by atoms with Crippen molar-refractivity contribution in [1.29, 1.82) is 0 Å². The zero-order valence-corrected chi connectivity index (χ0v) is 12.6. The molecule has 126 valence electrons.